The van der Waals surface area contributed by atoms with Crippen LogP contribution in [0.4, 0.5) is 0 Å². The Balaban J connectivity index is 2.34. The number of hydrogen-bond donors (Lipinski definition) is 0. The van der Waals surface area contributed by atoms with E-state index in [1.807, 2.05) is 6.92 Å². The van der Waals surface area contributed by atoms with Crippen LogP contribution in [0.2, 0.25) is 0 Å². The van der Waals surface area contributed by atoms with Gasteiger partial charge in [0.15, 0.2) is 5.78 Å². The Labute approximate surface area is 89.5 Å². The average Bonchev–Trinajstić information content (AvgIpc) is 2.37. The molecule has 1 spiro atoms. The van der Waals surface area contributed by atoms with Crippen molar-refractivity contribution in [2.75, 3.05) is 6.61 Å². The van der Waals surface area contributed by atoms with Crippen molar-refractivity contribution in [2.45, 2.75) is 39.0 Å². The third kappa shape index (κ3) is 1.71. The number of hydrogen-bond acceptors (Lipinski definition) is 3. The van der Waals surface area contributed by atoms with E-state index in [0.717, 1.165) is 24.8 Å². The van der Waals surface area contributed by atoms with Gasteiger partial charge in [0.1, 0.15) is 0 Å². The number of carbonyl (C=O) groups is 2. The molecule has 1 atom stereocenters. The summed E-state index contributed by atoms with van der Waals surface area (Å²) in [6, 6.07) is 0. The van der Waals surface area contributed by atoms with Crippen molar-refractivity contribution in [1.29, 1.82) is 0 Å². The zero-order chi connectivity index (χ0) is 10.9. The molecule has 0 radical (unpaired) electrons. The van der Waals surface area contributed by atoms with Crippen molar-refractivity contribution in [1.82, 2.24) is 0 Å². The van der Waals surface area contributed by atoms with Crippen LogP contribution in [0.3, 0.4) is 0 Å². The molecule has 0 aromatic heterocycles. The van der Waals surface area contributed by atoms with Gasteiger partial charge in [-0.25, -0.2) is 0 Å². The highest BCUT2D eigenvalue weighted by atomic mass is 16.5. The fraction of sp³-hybridized carbons (Fsp3) is 0.667. The molecule has 0 amide bonds. The van der Waals surface area contributed by atoms with E-state index in [9.17, 15) is 9.59 Å². The van der Waals surface area contributed by atoms with Gasteiger partial charge in [0, 0.05) is 6.42 Å². The molecule has 0 N–H and O–H groups in total. The van der Waals surface area contributed by atoms with E-state index in [2.05, 4.69) is 0 Å². The van der Waals surface area contributed by atoms with Gasteiger partial charge in [0.05, 0.1) is 12.0 Å². The van der Waals surface area contributed by atoms with Crippen LogP contribution in [-0.2, 0) is 14.3 Å². The molecule has 3 nitrogen and oxygen atoms in total. The molecule has 0 aromatic carbocycles. The molecular weight excluding hydrogens is 192 g/mol. The molecule has 2 aliphatic rings. The molecule has 82 valence electrons. The quantitative estimate of drug-likeness (QED) is 0.572. The minimum atomic E-state index is -0.482. The molecule has 1 heterocycles. The minimum absolute atomic E-state index is 0.124. The van der Waals surface area contributed by atoms with Gasteiger partial charge in [-0.3, -0.25) is 9.59 Å². The van der Waals surface area contributed by atoms with E-state index in [0.29, 0.717) is 19.4 Å². The van der Waals surface area contributed by atoms with Crippen LogP contribution in [0.25, 0.3) is 0 Å². The maximum atomic E-state index is 11.9. The second-order valence-corrected chi connectivity index (χ2v) is 4.47. The summed E-state index contributed by atoms with van der Waals surface area (Å²) in [6.07, 6.45) is 5.51. The lowest BCUT2D eigenvalue weighted by molar-refractivity contribution is -0.153. The number of ether oxygens (including phenoxy) is 1. The van der Waals surface area contributed by atoms with E-state index in [1.54, 1.807) is 6.08 Å². The van der Waals surface area contributed by atoms with Crippen LogP contribution in [0.1, 0.15) is 39.0 Å². The summed E-state index contributed by atoms with van der Waals surface area (Å²) >= 11 is 0. The van der Waals surface area contributed by atoms with Crippen LogP contribution in [0.5, 0.6) is 0 Å². The molecule has 1 aliphatic heterocycles. The summed E-state index contributed by atoms with van der Waals surface area (Å²) in [6.45, 7) is 2.41. The van der Waals surface area contributed by atoms with Gasteiger partial charge < -0.3 is 4.74 Å². The molecule has 0 aromatic rings. The Morgan fingerprint density at radius 3 is 2.80 bits per heavy atom. The summed E-state index contributed by atoms with van der Waals surface area (Å²) in [4.78, 5) is 23.2. The summed E-state index contributed by atoms with van der Waals surface area (Å²) in [7, 11) is 0. The standard InChI is InChI=1S/C12H16O3/c1-9-8-10(13)4-6-12(9)5-2-3-7-15-11(12)14/h8H,2-7H2,1H3. The second-order valence-electron chi connectivity index (χ2n) is 4.47. The molecule has 1 unspecified atom stereocenters. The Morgan fingerprint density at radius 1 is 1.27 bits per heavy atom. The summed E-state index contributed by atoms with van der Waals surface area (Å²) in [5.41, 5.74) is 0.412. The van der Waals surface area contributed by atoms with Crippen molar-refractivity contribution in [2.24, 2.45) is 5.41 Å². The number of rotatable bonds is 0. The van der Waals surface area contributed by atoms with Gasteiger partial charge in [-0.15, -0.1) is 0 Å². The van der Waals surface area contributed by atoms with Crippen LogP contribution in [0, 0.1) is 5.41 Å². The number of cyclic esters (lactones) is 1. The molecule has 1 saturated heterocycles. The van der Waals surface area contributed by atoms with Gasteiger partial charge in [-0.05, 0) is 38.7 Å². The fourth-order valence-electron chi connectivity index (χ4n) is 2.50. The first-order valence-electron chi connectivity index (χ1n) is 5.54. The Hall–Kier alpha value is -1.12. The smallest absolute Gasteiger partial charge is 0.316 e. The van der Waals surface area contributed by atoms with Gasteiger partial charge in [0.2, 0.25) is 0 Å². The first-order chi connectivity index (χ1) is 7.15. The van der Waals surface area contributed by atoms with E-state index in [-0.39, 0.29) is 11.8 Å². The third-order valence-corrected chi connectivity index (χ3v) is 3.55. The third-order valence-electron chi connectivity index (χ3n) is 3.55. The van der Waals surface area contributed by atoms with Gasteiger partial charge in [-0.1, -0.05) is 5.57 Å². The van der Waals surface area contributed by atoms with Crippen LogP contribution in [0.15, 0.2) is 11.6 Å². The monoisotopic (exact) mass is 208 g/mol. The number of ketones is 1. The zero-order valence-corrected chi connectivity index (χ0v) is 9.04. The van der Waals surface area contributed by atoms with Gasteiger partial charge >= 0.3 is 5.97 Å². The van der Waals surface area contributed by atoms with Crippen molar-refractivity contribution < 1.29 is 14.3 Å². The highest BCUT2D eigenvalue weighted by Gasteiger charge is 2.44. The van der Waals surface area contributed by atoms with E-state index < -0.39 is 5.41 Å². The Kier molecular flexibility index (Phi) is 2.63. The van der Waals surface area contributed by atoms with Gasteiger partial charge in [0.25, 0.3) is 0 Å². The van der Waals surface area contributed by atoms with Crippen LogP contribution in [-0.4, -0.2) is 18.4 Å². The van der Waals surface area contributed by atoms with E-state index >= 15 is 0 Å². The Morgan fingerprint density at radius 2 is 2.07 bits per heavy atom. The number of allylic oxidation sites excluding steroid dienone is 1. The molecule has 3 heteroatoms. The highest BCUT2D eigenvalue weighted by Crippen LogP contribution is 2.43. The lowest BCUT2D eigenvalue weighted by Crippen LogP contribution is -2.36. The molecule has 0 bridgehead atoms. The zero-order valence-electron chi connectivity index (χ0n) is 9.04. The van der Waals surface area contributed by atoms with Crippen molar-refractivity contribution >= 4 is 11.8 Å². The molecule has 0 saturated carbocycles. The summed E-state index contributed by atoms with van der Waals surface area (Å²) < 4.78 is 5.21. The topological polar surface area (TPSA) is 43.4 Å². The predicted molar refractivity (Wildman–Crippen MR) is 55.2 cm³/mol. The molecule has 2 rings (SSSR count). The molecule has 15 heavy (non-hydrogen) atoms. The van der Waals surface area contributed by atoms with Crippen molar-refractivity contribution in [3.05, 3.63) is 11.6 Å². The minimum Gasteiger partial charge on any atom is -0.465 e. The van der Waals surface area contributed by atoms with Crippen LogP contribution >= 0.6 is 0 Å². The second kappa shape index (κ2) is 3.80. The van der Waals surface area contributed by atoms with E-state index in [1.165, 1.54) is 0 Å². The Bertz CT molecular complexity index is 330. The largest absolute Gasteiger partial charge is 0.465 e. The maximum absolute atomic E-state index is 11.9. The molecule has 1 fully saturated rings. The normalized spacial score (nSPS) is 32.2. The van der Waals surface area contributed by atoms with Crippen LogP contribution < -0.4 is 0 Å². The molecule has 1 aliphatic carbocycles. The summed E-state index contributed by atoms with van der Waals surface area (Å²) in [5, 5.41) is 0. The van der Waals surface area contributed by atoms with E-state index in [4.69, 9.17) is 4.74 Å². The van der Waals surface area contributed by atoms with Gasteiger partial charge in [-0.2, -0.15) is 0 Å². The number of carbonyl (C=O) groups excluding carboxylic acids is 2. The lowest BCUT2D eigenvalue weighted by atomic mass is 9.70. The average molecular weight is 208 g/mol. The van der Waals surface area contributed by atoms with Crippen molar-refractivity contribution in [3.63, 3.8) is 0 Å². The first-order valence-corrected chi connectivity index (χ1v) is 5.54. The van der Waals surface area contributed by atoms with Crippen molar-refractivity contribution in [3.8, 4) is 0 Å². The molecular formula is C12H16O3. The fourth-order valence-corrected chi connectivity index (χ4v) is 2.50. The SMILES string of the molecule is CC1=CC(=O)CCC12CCCCOC2=O. The summed E-state index contributed by atoms with van der Waals surface area (Å²) in [5.74, 6) is 0.0106. The first kappa shape index (κ1) is 10.4. The lowest BCUT2D eigenvalue weighted by Gasteiger charge is -2.33. The number of esters is 1. The predicted octanol–water partition coefficient (Wildman–Crippen LogP) is 2.01. The highest BCUT2D eigenvalue weighted by molar-refractivity contribution is 5.95. The maximum Gasteiger partial charge on any atom is 0.316 e.